The molecule has 1 amide bonds. The van der Waals surface area contributed by atoms with Crippen molar-refractivity contribution in [3.8, 4) is 5.75 Å². The second-order valence-corrected chi connectivity index (χ2v) is 8.12. The lowest BCUT2D eigenvalue weighted by Gasteiger charge is -2.21. The van der Waals surface area contributed by atoms with Crippen LogP contribution in [0.25, 0.3) is 6.08 Å². The summed E-state index contributed by atoms with van der Waals surface area (Å²) in [7, 11) is 1.26. The van der Waals surface area contributed by atoms with Crippen LogP contribution < -0.4 is 15.5 Å². The first-order valence-corrected chi connectivity index (χ1v) is 11.6. The number of hydrogen-bond acceptors (Lipinski definition) is 8. The van der Waals surface area contributed by atoms with Gasteiger partial charge in [0.1, 0.15) is 17.1 Å². The van der Waals surface area contributed by atoms with Crippen LogP contribution in [0.15, 0.2) is 89.6 Å². The van der Waals surface area contributed by atoms with E-state index in [1.807, 2.05) is 6.07 Å². The van der Waals surface area contributed by atoms with Gasteiger partial charge in [-0.25, -0.2) is 9.79 Å². The molecule has 192 valence electrons. The number of ether oxygens (including phenoxy) is 2. The minimum Gasteiger partial charge on any atom is -0.481 e. The number of thiocarbonyl (C=S) groups is 1. The number of rotatable bonds is 8. The molecule has 0 aromatic heterocycles. The van der Waals surface area contributed by atoms with Gasteiger partial charge in [0, 0.05) is 17.2 Å². The van der Waals surface area contributed by atoms with E-state index in [0.29, 0.717) is 16.9 Å². The molecule has 1 aliphatic rings. The Bertz CT molecular complexity index is 1460. The summed E-state index contributed by atoms with van der Waals surface area (Å²) >= 11 is 5.36. The van der Waals surface area contributed by atoms with Gasteiger partial charge in [-0.05, 0) is 30.4 Å². The van der Waals surface area contributed by atoms with Crippen LogP contribution in [0.1, 0.15) is 11.1 Å². The Morgan fingerprint density at radius 2 is 1.76 bits per heavy atom. The third-order valence-corrected chi connectivity index (χ3v) is 5.43. The third-order valence-electron chi connectivity index (χ3n) is 5.24. The fourth-order valence-electron chi connectivity index (χ4n) is 3.47. The van der Waals surface area contributed by atoms with Crippen molar-refractivity contribution in [3.05, 3.63) is 106 Å². The van der Waals surface area contributed by atoms with Gasteiger partial charge < -0.3 is 14.8 Å². The fraction of sp³-hybridized carbons (Fsp3) is 0.0769. The van der Waals surface area contributed by atoms with Crippen LogP contribution in [0.3, 0.4) is 0 Å². The highest BCUT2D eigenvalue weighted by molar-refractivity contribution is 7.80. The lowest BCUT2D eigenvalue weighted by atomic mass is 10.1. The van der Waals surface area contributed by atoms with Gasteiger partial charge in [0.05, 0.1) is 12.0 Å². The van der Waals surface area contributed by atoms with E-state index in [9.17, 15) is 19.7 Å². The standard InChI is InChI=1S/C26H21N5O6S/c1-36-23(32)16-37-22-14-8-5-11-18(22)15-20-25(33)30(24(27-20)17-9-3-2-4-10-17)29-26(38)28-19-12-6-7-13-21(19)31(34)35/h2-15H,16H2,1H3,(H2,28,29,38)/b20-15-. The Kier molecular flexibility index (Phi) is 8.04. The Morgan fingerprint density at radius 3 is 2.50 bits per heavy atom. The Labute approximate surface area is 222 Å². The number of hydrogen-bond donors (Lipinski definition) is 2. The molecule has 12 heteroatoms. The lowest BCUT2D eigenvalue weighted by Crippen LogP contribution is -2.49. The van der Waals surface area contributed by atoms with Gasteiger partial charge in [0.25, 0.3) is 11.6 Å². The zero-order valence-electron chi connectivity index (χ0n) is 20.0. The van der Waals surface area contributed by atoms with Crippen molar-refractivity contribution < 1.29 is 24.0 Å². The first-order valence-electron chi connectivity index (χ1n) is 11.2. The highest BCUT2D eigenvalue weighted by Gasteiger charge is 2.32. The highest BCUT2D eigenvalue weighted by atomic mass is 32.1. The monoisotopic (exact) mass is 531 g/mol. The molecule has 11 nitrogen and oxygen atoms in total. The predicted molar refractivity (Wildman–Crippen MR) is 144 cm³/mol. The topological polar surface area (TPSA) is 135 Å². The summed E-state index contributed by atoms with van der Waals surface area (Å²) in [4.78, 5) is 40.3. The van der Waals surface area contributed by atoms with Crippen molar-refractivity contribution in [3.63, 3.8) is 0 Å². The van der Waals surface area contributed by atoms with E-state index >= 15 is 0 Å². The number of benzene rings is 3. The summed E-state index contributed by atoms with van der Waals surface area (Å²) in [6, 6.07) is 21.8. The summed E-state index contributed by atoms with van der Waals surface area (Å²) in [5, 5.41) is 15.2. The van der Waals surface area contributed by atoms with Crippen LogP contribution in [-0.2, 0) is 14.3 Å². The molecule has 38 heavy (non-hydrogen) atoms. The summed E-state index contributed by atoms with van der Waals surface area (Å²) in [5.41, 5.74) is 3.98. The fourth-order valence-corrected chi connectivity index (χ4v) is 3.67. The minimum absolute atomic E-state index is 0.0562. The zero-order chi connectivity index (χ0) is 27.1. The van der Waals surface area contributed by atoms with Crippen LogP contribution >= 0.6 is 12.2 Å². The molecule has 3 aromatic carbocycles. The van der Waals surface area contributed by atoms with E-state index < -0.39 is 16.8 Å². The maximum atomic E-state index is 13.5. The molecule has 0 saturated heterocycles. The van der Waals surface area contributed by atoms with Crippen molar-refractivity contribution >= 4 is 52.5 Å². The molecule has 0 saturated carbocycles. The highest BCUT2D eigenvalue weighted by Crippen LogP contribution is 2.26. The molecule has 0 atom stereocenters. The molecule has 0 unspecified atom stereocenters. The first kappa shape index (κ1) is 26.0. The largest absolute Gasteiger partial charge is 0.481 e. The van der Waals surface area contributed by atoms with Crippen LogP contribution in [-0.4, -0.2) is 46.5 Å². The minimum atomic E-state index is -0.552. The number of nitrogens with zero attached hydrogens (tertiary/aromatic N) is 3. The molecule has 0 bridgehead atoms. The predicted octanol–water partition coefficient (Wildman–Crippen LogP) is 3.68. The van der Waals surface area contributed by atoms with Gasteiger partial charge in [-0.15, -0.1) is 0 Å². The molecule has 1 aliphatic heterocycles. The van der Waals surface area contributed by atoms with E-state index in [1.165, 1.54) is 31.4 Å². The number of carbonyl (C=O) groups is 2. The Balaban J connectivity index is 1.63. The van der Waals surface area contributed by atoms with E-state index in [1.54, 1.807) is 54.6 Å². The number of nitrogens with one attached hydrogen (secondary N) is 2. The summed E-state index contributed by atoms with van der Waals surface area (Å²) in [6.45, 7) is -0.303. The first-order chi connectivity index (χ1) is 18.4. The normalized spacial score (nSPS) is 13.6. The van der Waals surface area contributed by atoms with Gasteiger partial charge in [0.2, 0.25) is 0 Å². The van der Waals surface area contributed by atoms with Crippen molar-refractivity contribution in [2.24, 2.45) is 4.99 Å². The molecule has 0 fully saturated rings. The number of amides is 1. The summed E-state index contributed by atoms with van der Waals surface area (Å²) < 4.78 is 10.2. The number of carbonyl (C=O) groups excluding carboxylic acids is 2. The maximum Gasteiger partial charge on any atom is 0.343 e. The van der Waals surface area contributed by atoms with Crippen LogP contribution in [0.2, 0.25) is 0 Å². The molecule has 0 spiro atoms. The van der Waals surface area contributed by atoms with E-state index in [0.717, 1.165) is 5.01 Å². The number of aliphatic imine (C=N–C) groups is 1. The number of esters is 1. The second-order valence-electron chi connectivity index (χ2n) is 7.71. The van der Waals surface area contributed by atoms with Crippen LogP contribution in [0.4, 0.5) is 11.4 Å². The van der Waals surface area contributed by atoms with E-state index in [-0.39, 0.29) is 34.6 Å². The van der Waals surface area contributed by atoms with Gasteiger partial charge in [-0.1, -0.05) is 60.7 Å². The number of methoxy groups -OCH3 is 1. The number of amidine groups is 1. The van der Waals surface area contributed by atoms with Crippen LogP contribution in [0.5, 0.6) is 5.75 Å². The van der Waals surface area contributed by atoms with Crippen molar-refractivity contribution in [1.82, 2.24) is 10.4 Å². The number of nitro benzene ring substituents is 1. The van der Waals surface area contributed by atoms with Gasteiger partial charge in [-0.2, -0.15) is 5.01 Å². The number of nitro groups is 1. The molecule has 0 radical (unpaired) electrons. The van der Waals surface area contributed by atoms with Crippen molar-refractivity contribution in [1.29, 1.82) is 0 Å². The van der Waals surface area contributed by atoms with E-state index in [4.69, 9.17) is 17.0 Å². The van der Waals surface area contributed by atoms with Gasteiger partial charge in [0.15, 0.2) is 17.6 Å². The van der Waals surface area contributed by atoms with Crippen molar-refractivity contribution in [2.45, 2.75) is 0 Å². The van der Waals surface area contributed by atoms with Gasteiger partial charge >= 0.3 is 5.97 Å². The average Bonchev–Trinajstić information content (AvgIpc) is 3.23. The average molecular weight is 532 g/mol. The molecular weight excluding hydrogens is 510 g/mol. The quantitative estimate of drug-likeness (QED) is 0.147. The number of anilines is 1. The second kappa shape index (κ2) is 11.8. The zero-order valence-corrected chi connectivity index (χ0v) is 20.8. The maximum absolute atomic E-state index is 13.5. The SMILES string of the molecule is COC(=O)COc1ccccc1/C=C1\N=C(c2ccccc2)N(NC(=S)Nc2ccccc2[N+](=O)[O-])C1=O. The smallest absolute Gasteiger partial charge is 0.343 e. The molecule has 1 heterocycles. The number of hydrazine groups is 1. The Hall–Kier alpha value is -5.10. The molecule has 0 aliphatic carbocycles. The lowest BCUT2D eigenvalue weighted by molar-refractivity contribution is -0.383. The molecule has 3 aromatic rings. The summed E-state index contributed by atoms with van der Waals surface area (Å²) in [6.07, 6.45) is 1.53. The van der Waals surface area contributed by atoms with E-state index in [2.05, 4.69) is 20.5 Å². The molecule has 4 rings (SSSR count). The molecule has 2 N–H and O–H groups in total. The Morgan fingerprint density at radius 1 is 1.08 bits per heavy atom. The third kappa shape index (κ3) is 5.99. The van der Waals surface area contributed by atoms with Crippen LogP contribution in [0, 0.1) is 10.1 Å². The number of para-hydroxylation sites is 3. The van der Waals surface area contributed by atoms with Gasteiger partial charge in [-0.3, -0.25) is 20.3 Å². The summed E-state index contributed by atoms with van der Waals surface area (Å²) in [5.74, 6) is -0.460. The van der Waals surface area contributed by atoms with Crippen molar-refractivity contribution in [2.75, 3.05) is 19.0 Å². The molecular formula is C26H21N5O6S.